The van der Waals surface area contributed by atoms with Gasteiger partial charge in [0.05, 0.1) is 0 Å². The largest absolute Gasteiger partial charge is 0.342 e. The van der Waals surface area contributed by atoms with E-state index in [1.807, 2.05) is 18.2 Å². The number of aromatic nitrogens is 2. The van der Waals surface area contributed by atoms with Crippen LogP contribution in [-0.2, 0) is 11.2 Å². The molecular formula is C18H21N5O2. The standard InChI is InChI=1S/C18H21N5O2/c1-2-14-5-3-4-6-15(14)21-17-11-16(19-12-20-17)18(25)23-9-7-22(13-24)8-10-23/h3-6,11-13H,2,7-10H2,1H3,(H,19,20,21). The lowest BCUT2D eigenvalue weighted by Gasteiger charge is -2.32. The van der Waals surface area contributed by atoms with Gasteiger partial charge >= 0.3 is 0 Å². The van der Waals surface area contributed by atoms with E-state index in [1.54, 1.807) is 15.9 Å². The molecule has 2 amide bonds. The molecule has 2 heterocycles. The normalized spacial score (nSPS) is 14.3. The van der Waals surface area contributed by atoms with Crippen LogP contribution in [0.2, 0.25) is 0 Å². The Hall–Kier alpha value is -2.96. The molecule has 0 radical (unpaired) electrons. The summed E-state index contributed by atoms with van der Waals surface area (Å²) in [5, 5.41) is 3.26. The summed E-state index contributed by atoms with van der Waals surface area (Å²) in [4.78, 5) is 35.1. The number of nitrogens with zero attached hydrogens (tertiary/aromatic N) is 4. The van der Waals surface area contributed by atoms with Crippen molar-refractivity contribution in [3.63, 3.8) is 0 Å². The Kier molecular flexibility index (Phi) is 5.23. The van der Waals surface area contributed by atoms with Crippen molar-refractivity contribution >= 4 is 23.8 Å². The van der Waals surface area contributed by atoms with Crippen LogP contribution < -0.4 is 5.32 Å². The fraction of sp³-hybridized carbons (Fsp3) is 0.333. The number of carbonyl (C=O) groups is 2. The van der Waals surface area contributed by atoms with E-state index in [-0.39, 0.29) is 5.91 Å². The molecule has 0 unspecified atom stereocenters. The molecule has 1 aliphatic rings. The highest BCUT2D eigenvalue weighted by atomic mass is 16.2. The molecule has 1 fully saturated rings. The lowest BCUT2D eigenvalue weighted by molar-refractivity contribution is -0.119. The van der Waals surface area contributed by atoms with Crippen LogP contribution in [0.25, 0.3) is 0 Å². The first kappa shape index (κ1) is 16.9. The molecular weight excluding hydrogens is 318 g/mol. The molecule has 2 aromatic rings. The van der Waals surface area contributed by atoms with Crippen molar-refractivity contribution < 1.29 is 9.59 Å². The zero-order valence-corrected chi connectivity index (χ0v) is 14.2. The van der Waals surface area contributed by atoms with Gasteiger partial charge in [0, 0.05) is 37.9 Å². The summed E-state index contributed by atoms with van der Waals surface area (Å²) < 4.78 is 0. The summed E-state index contributed by atoms with van der Waals surface area (Å²) >= 11 is 0. The van der Waals surface area contributed by atoms with Crippen molar-refractivity contribution in [2.24, 2.45) is 0 Å². The van der Waals surface area contributed by atoms with Gasteiger partial charge in [-0.15, -0.1) is 0 Å². The second kappa shape index (κ2) is 7.74. The van der Waals surface area contributed by atoms with Gasteiger partial charge in [-0.05, 0) is 18.1 Å². The van der Waals surface area contributed by atoms with Crippen molar-refractivity contribution in [2.75, 3.05) is 31.5 Å². The van der Waals surface area contributed by atoms with Gasteiger partial charge in [-0.25, -0.2) is 9.97 Å². The number of piperazine rings is 1. The number of rotatable bonds is 5. The quantitative estimate of drug-likeness (QED) is 0.839. The number of benzene rings is 1. The maximum atomic E-state index is 12.6. The van der Waals surface area contributed by atoms with Crippen LogP contribution in [0.3, 0.4) is 0 Å². The van der Waals surface area contributed by atoms with Crippen LogP contribution in [0.5, 0.6) is 0 Å². The maximum Gasteiger partial charge on any atom is 0.272 e. The first-order chi connectivity index (χ1) is 12.2. The second-order valence-electron chi connectivity index (χ2n) is 5.86. The Morgan fingerprint density at radius 1 is 1.20 bits per heavy atom. The van der Waals surface area contributed by atoms with Gasteiger partial charge in [0.15, 0.2) is 0 Å². The van der Waals surface area contributed by atoms with Gasteiger partial charge in [0.25, 0.3) is 5.91 Å². The first-order valence-corrected chi connectivity index (χ1v) is 8.37. The molecule has 0 aliphatic carbocycles. The SMILES string of the molecule is CCc1ccccc1Nc1cc(C(=O)N2CCN(C=O)CC2)ncn1. The summed E-state index contributed by atoms with van der Waals surface area (Å²) in [6, 6.07) is 9.67. The minimum atomic E-state index is -0.139. The summed E-state index contributed by atoms with van der Waals surface area (Å²) in [7, 11) is 0. The maximum absolute atomic E-state index is 12.6. The molecule has 25 heavy (non-hydrogen) atoms. The highest BCUT2D eigenvalue weighted by Crippen LogP contribution is 2.20. The van der Waals surface area contributed by atoms with E-state index in [0.29, 0.717) is 37.7 Å². The summed E-state index contributed by atoms with van der Waals surface area (Å²) in [5.74, 6) is 0.450. The van der Waals surface area contributed by atoms with Crippen molar-refractivity contribution in [2.45, 2.75) is 13.3 Å². The van der Waals surface area contributed by atoms with E-state index in [0.717, 1.165) is 18.5 Å². The highest BCUT2D eigenvalue weighted by Gasteiger charge is 2.22. The second-order valence-corrected chi connectivity index (χ2v) is 5.86. The van der Waals surface area contributed by atoms with Crippen LogP contribution in [0.1, 0.15) is 23.0 Å². The topological polar surface area (TPSA) is 78.4 Å². The Morgan fingerprint density at radius 3 is 2.68 bits per heavy atom. The number of para-hydroxylation sites is 1. The van der Waals surface area contributed by atoms with Crippen LogP contribution >= 0.6 is 0 Å². The Balaban J connectivity index is 1.73. The molecule has 0 saturated carbocycles. The van der Waals surface area contributed by atoms with E-state index < -0.39 is 0 Å². The molecule has 1 aromatic carbocycles. The number of anilines is 2. The predicted molar refractivity (Wildman–Crippen MR) is 94.7 cm³/mol. The number of hydrogen-bond donors (Lipinski definition) is 1. The first-order valence-electron chi connectivity index (χ1n) is 8.37. The third-order valence-electron chi connectivity index (χ3n) is 4.30. The van der Waals surface area contributed by atoms with Crippen molar-refractivity contribution in [3.8, 4) is 0 Å². The van der Waals surface area contributed by atoms with Crippen molar-refractivity contribution in [1.82, 2.24) is 19.8 Å². The van der Waals surface area contributed by atoms with E-state index in [4.69, 9.17) is 0 Å². The van der Waals surface area contributed by atoms with Crippen molar-refractivity contribution in [1.29, 1.82) is 0 Å². The Bertz CT molecular complexity index is 757. The molecule has 0 spiro atoms. The predicted octanol–water partition coefficient (Wildman–Crippen LogP) is 1.70. The van der Waals surface area contributed by atoms with E-state index in [9.17, 15) is 9.59 Å². The van der Waals surface area contributed by atoms with Crippen LogP contribution in [0.15, 0.2) is 36.7 Å². The average molecular weight is 339 g/mol. The van der Waals surface area contributed by atoms with E-state index >= 15 is 0 Å². The number of carbonyl (C=O) groups excluding carboxylic acids is 2. The molecule has 3 rings (SSSR count). The van der Waals surface area contributed by atoms with E-state index in [2.05, 4.69) is 28.3 Å². The Morgan fingerprint density at radius 2 is 1.96 bits per heavy atom. The molecule has 130 valence electrons. The number of nitrogens with one attached hydrogen (secondary N) is 1. The average Bonchev–Trinajstić information content (AvgIpc) is 2.68. The molecule has 0 atom stereocenters. The molecule has 1 N–H and O–H groups in total. The van der Waals surface area contributed by atoms with Gasteiger partial charge in [-0.2, -0.15) is 0 Å². The zero-order chi connectivity index (χ0) is 17.6. The van der Waals surface area contributed by atoms with E-state index in [1.165, 1.54) is 11.9 Å². The van der Waals surface area contributed by atoms with Gasteiger partial charge in [-0.1, -0.05) is 25.1 Å². The smallest absolute Gasteiger partial charge is 0.272 e. The van der Waals surface area contributed by atoms with Crippen LogP contribution in [0.4, 0.5) is 11.5 Å². The fourth-order valence-corrected chi connectivity index (χ4v) is 2.82. The third kappa shape index (κ3) is 3.93. The van der Waals surface area contributed by atoms with Gasteiger partial charge in [0.1, 0.15) is 17.8 Å². The molecule has 1 aliphatic heterocycles. The summed E-state index contributed by atoms with van der Waals surface area (Å²) in [6.45, 7) is 4.23. The van der Waals surface area contributed by atoms with Gasteiger partial charge in [-0.3, -0.25) is 9.59 Å². The minimum Gasteiger partial charge on any atom is -0.342 e. The summed E-state index contributed by atoms with van der Waals surface area (Å²) in [6.07, 6.45) is 3.12. The summed E-state index contributed by atoms with van der Waals surface area (Å²) in [5.41, 5.74) is 2.51. The monoisotopic (exact) mass is 339 g/mol. The van der Waals surface area contributed by atoms with Crippen LogP contribution in [0, 0.1) is 0 Å². The number of hydrogen-bond acceptors (Lipinski definition) is 5. The third-order valence-corrected chi connectivity index (χ3v) is 4.30. The lowest BCUT2D eigenvalue weighted by Crippen LogP contribution is -2.48. The van der Waals surface area contributed by atoms with Crippen LogP contribution in [-0.4, -0.2) is 58.3 Å². The molecule has 7 nitrogen and oxygen atoms in total. The Labute approximate surface area is 146 Å². The zero-order valence-electron chi connectivity index (χ0n) is 14.2. The lowest BCUT2D eigenvalue weighted by atomic mass is 10.1. The molecule has 7 heteroatoms. The fourth-order valence-electron chi connectivity index (χ4n) is 2.82. The molecule has 1 saturated heterocycles. The molecule has 1 aromatic heterocycles. The van der Waals surface area contributed by atoms with Gasteiger partial charge < -0.3 is 15.1 Å². The van der Waals surface area contributed by atoms with Gasteiger partial charge in [0.2, 0.25) is 6.41 Å². The number of amides is 2. The highest BCUT2D eigenvalue weighted by molar-refractivity contribution is 5.93. The molecule has 0 bridgehead atoms. The number of aryl methyl sites for hydroxylation is 1. The minimum absolute atomic E-state index is 0.139. The van der Waals surface area contributed by atoms with Crippen molar-refractivity contribution in [3.05, 3.63) is 47.9 Å².